The summed E-state index contributed by atoms with van der Waals surface area (Å²) in [6, 6.07) is 11.1. The second-order valence-electron chi connectivity index (χ2n) is 5.78. The molecule has 0 aliphatic carbocycles. The fourth-order valence-corrected chi connectivity index (χ4v) is 3.09. The smallest absolute Gasteiger partial charge is 0.180 e. The summed E-state index contributed by atoms with van der Waals surface area (Å²) in [5.74, 6) is 0.874. The summed E-state index contributed by atoms with van der Waals surface area (Å²) in [6.45, 7) is 3.17. The standard InChI is InChI=1S/C17H19N5/c1-2-4-14(5-3-1)12-21-9-6-15(13-21)20-16-17-19-8-11-22(17)10-7-18-16/h1-5,7-8,10-11,15H,6,9,12-13H2,(H,18,20)/t15-/m1/s1. The fraction of sp³-hybridized carbons (Fsp3) is 0.294. The zero-order valence-electron chi connectivity index (χ0n) is 12.4. The Morgan fingerprint density at radius 3 is 2.77 bits per heavy atom. The third-order valence-corrected chi connectivity index (χ3v) is 4.17. The van der Waals surface area contributed by atoms with Crippen molar-refractivity contribution in [2.75, 3.05) is 18.4 Å². The molecule has 0 unspecified atom stereocenters. The Hall–Kier alpha value is -2.40. The summed E-state index contributed by atoms with van der Waals surface area (Å²) in [7, 11) is 0. The van der Waals surface area contributed by atoms with Crippen LogP contribution < -0.4 is 5.32 Å². The summed E-state index contributed by atoms with van der Waals surface area (Å²) < 4.78 is 1.99. The van der Waals surface area contributed by atoms with E-state index in [2.05, 4.69) is 50.5 Å². The van der Waals surface area contributed by atoms with Crippen molar-refractivity contribution in [3.63, 3.8) is 0 Å². The Kier molecular flexibility index (Phi) is 3.48. The van der Waals surface area contributed by atoms with E-state index < -0.39 is 0 Å². The van der Waals surface area contributed by atoms with Gasteiger partial charge in [-0.15, -0.1) is 0 Å². The molecule has 1 atom stereocenters. The zero-order valence-corrected chi connectivity index (χ0v) is 12.4. The molecular formula is C17H19N5. The van der Waals surface area contributed by atoms with E-state index in [-0.39, 0.29) is 0 Å². The average molecular weight is 293 g/mol. The van der Waals surface area contributed by atoms with Crippen molar-refractivity contribution in [3.8, 4) is 0 Å². The van der Waals surface area contributed by atoms with Crippen molar-refractivity contribution in [1.82, 2.24) is 19.3 Å². The van der Waals surface area contributed by atoms with E-state index in [9.17, 15) is 0 Å². The second kappa shape index (κ2) is 5.77. The normalized spacial score (nSPS) is 18.8. The number of hydrogen-bond donors (Lipinski definition) is 1. The van der Waals surface area contributed by atoms with E-state index in [1.807, 2.05) is 23.0 Å². The van der Waals surface area contributed by atoms with Gasteiger partial charge in [0.15, 0.2) is 11.5 Å². The van der Waals surface area contributed by atoms with Crippen LogP contribution in [-0.4, -0.2) is 38.4 Å². The third kappa shape index (κ3) is 2.67. The number of hydrogen-bond acceptors (Lipinski definition) is 4. The number of nitrogens with one attached hydrogen (secondary N) is 1. The zero-order chi connectivity index (χ0) is 14.8. The molecule has 1 N–H and O–H groups in total. The molecule has 22 heavy (non-hydrogen) atoms. The molecule has 1 fully saturated rings. The van der Waals surface area contributed by atoms with E-state index in [1.54, 1.807) is 6.20 Å². The monoisotopic (exact) mass is 293 g/mol. The van der Waals surface area contributed by atoms with Crippen molar-refractivity contribution >= 4 is 11.5 Å². The van der Waals surface area contributed by atoms with Crippen LogP contribution in [0, 0.1) is 0 Å². The van der Waals surface area contributed by atoms with E-state index >= 15 is 0 Å². The maximum Gasteiger partial charge on any atom is 0.180 e. The van der Waals surface area contributed by atoms with Gasteiger partial charge in [-0.2, -0.15) is 0 Å². The summed E-state index contributed by atoms with van der Waals surface area (Å²) in [6.07, 6.45) is 8.62. The number of anilines is 1. The molecule has 112 valence electrons. The first-order valence-corrected chi connectivity index (χ1v) is 7.69. The summed E-state index contributed by atoms with van der Waals surface area (Å²) >= 11 is 0. The van der Waals surface area contributed by atoms with Gasteiger partial charge in [0.05, 0.1) is 0 Å². The van der Waals surface area contributed by atoms with E-state index in [1.165, 1.54) is 5.56 Å². The van der Waals surface area contributed by atoms with Gasteiger partial charge < -0.3 is 9.72 Å². The molecule has 5 nitrogen and oxygen atoms in total. The third-order valence-electron chi connectivity index (χ3n) is 4.17. The molecule has 5 heteroatoms. The Labute approximate surface area is 129 Å². The quantitative estimate of drug-likeness (QED) is 0.802. The van der Waals surface area contributed by atoms with Crippen molar-refractivity contribution in [3.05, 3.63) is 60.7 Å². The van der Waals surface area contributed by atoms with E-state index in [4.69, 9.17) is 0 Å². The van der Waals surface area contributed by atoms with Gasteiger partial charge in [0.2, 0.25) is 0 Å². The van der Waals surface area contributed by atoms with Crippen LogP contribution >= 0.6 is 0 Å². The predicted octanol–water partition coefficient (Wildman–Crippen LogP) is 2.42. The highest BCUT2D eigenvalue weighted by Gasteiger charge is 2.23. The minimum absolute atomic E-state index is 0.430. The maximum absolute atomic E-state index is 4.44. The van der Waals surface area contributed by atoms with Crippen molar-refractivity contribution in [2.24, 2.45) is 0 Å². The summed E-state index contributed by atoms with van der Waals surface area (Å²) in [4.78, 5) is 11.3. The fourth-order valence-electron chi connectivity index (χ4n) is 3.09. The molecule has 2 aromatic heterocycles. The van der Waals surface area contributed by atoms with Gasteiger partial charge in [-0.1, -0.05) is 30.3 Å². The number of fused-ring (bicyclic) bond motifs is 1. The number of nitrogens with zero attached hydrogens (tertiary/aromatic N) is 4. The topological polar surface area (TPSA) is 45.5 Å². The van der Waals surface area contributed by atoms with E-state index in [0.717, 1.165) is 37.5 Å². The number of imidazole rings is 1. The predicted molar refractivity (Wildman–Crippen MR) is 86.7 cm³/mol. The maximum atomic E-state index is 4.44. The minimum atomic E-state index is 0.430. The molecule has 0 bridgehead atoms. The van der Waals surface area contributed by atoms with Crippen molar-refractivity contribution < 1.29 is 0 Å². The lowest BCUT2D eigenvalue weighted by Crippen LogP contribution is -2.26. The highest BCUT2D eigenvalue weighted by molar-refractivity contribution is 5.62. The molecule has 3 aromatic rings. The van der Waals surface area contributed by atoms with Gasteiger partial charge >= 0.3 is 0 Å². The molecule has 0 amide bonds. The van der Waals surface area contributed by atoms with Crippen LogP contribution in [0.4, 0.5) is 5.82 Å². The molecule has 0 saturated carbocycles. The van der Waals surface area contributed by atoms with Crippen LogP contribution in [0.15, 0.2) is 55.1 Å². The van der Waals surface area contributed by atoms with Crippen LogP contribution in [0.2, 0.25) is 0 Å². The summed E-state index contributed by atoms with van der Waals surface area (Å²) in [5.41, 5.74) is 2.26. The van der Waals surface area contributed by atoms with Crippen LogP contribution in [-0.2, 0) is 6.54 Å². The first kappa shape index (κ1) is 13.3. The number of rotatable bonds is 4. The Morgan fingerprint density at radius 2 is 1.91 bits per heavy atom. The molecular weight excluding hydrogens is 274 g/mol. The largest absolute Gasteiger partial charge is 0.363 e. The van der Waals surface area contributed by atoms with Gasteiger partial charge in [0.25, 0.3) is 0 Å². The molecule has 1 saturated heterocycles. The first-order valence-electron chi connectivity index (χ1n) is 7.69. The minimum Gasteiger partial charge on any atom is -0.363 e. The van der Waals surface area contributed by atoms with Gasteiger partial charge in [-0.25, -0.2) is 9.97 Å². The first-order chi connectivity index (χ1) is 10.9. The highest BCUT2D eigenvalue weighted by Crippen LogP contribution is 2.19. The Morgan fingerprint density at radius 1 is 1.09 bits per heavy atom. The number of likely N-dealkylation sites (tertiary alicyclic amines) is 1. The SMILES string of the molecule is c1ccc(CN2CC[C@@H](Nc3nccn4ccnc34)C2)cc1. The molecule has 0 spiro atoms. The van der Waals surface area contributed by atoms with Crippen LogP contribution in [0.25, 0.3) is 5.65 Å². The lowest BCUT2D eigenvalue weighted by Gasteiger charge is -2.17. The number of benzene rings is 1. The lowest BCUT2D eigenvalue weighted by atomic mass is 10.2. The highest BCUT2D eigenvalue weighted by atomic mass is 15.2. The van der Waals surface area contributed by atoms with Gasteiger partial charge in [-0.05, 0) is 12.0 Å². The molecule has 4 rings (SSSR count). The van der Waals surface area contributed by atoms with Gasteiger partial charge in [0, 0.05) is 50.5 Å². The molecule has 1 aliphatic rings. The van der Waals surface area contributed by atoms with Crippen LogP contribution in [0.1, 0.15) is 12.0 Å². The second-order valence-corrected chi connectivity index (χ2v) is 5.78. The van der Waals surface area contributed by atoms with Crippen LogP contribution in [0.5, 0.6) is 0 Å². The Bertz CT molecular complexity index is 752. The van der Waals surface area contributed by atoms with Gasteiger partial charge in [0.1, 0.15) is 0 Å². The average Bonchev–Trinajstić information content (AvgIpc) is 3.18. The molecule has 0 radical (unpaired) electrons. The van der Waals surface area contributed by atoms with E-state index in [0.29, 0.717) is 6.04 Å². The lowest BCUT2D eigenvalue weighted by molar-refractivity contribution is 0.328. The van der Waals surface area contributed by atoms with Crippen LogP contribution in [0.3, 0.4) is 0 Å². The Balaban J connectivity index is 1.42. The molecule has 1 aliphatic heterocycles. The molecule has 1 aromatic carbocycles. The number of aromatic nitrogens is 3. The van der Waals surface area contributed by atoms with Gasteiger partial charge in [-0.3, -0.25) is 4.90 Å². The molecule has 3 heterocycles. The van der Waals surface area contributed by atoms with Crippen molar-refractivity contribution in [1.29, 1.82) is 0 Å². The summed E-state index contributed by atoms with van der Waals surface area (Å²) in [5, 5.41) is 3.55. The van der Waals surface area contributed by atoms with Crippen molar-refractivity contribution in [2.45, 2.75) is 19.0 Å².